The average molecular weight is 1210 g/mol. The van der Waals surface area contributed by atoms with Crippen LogP contribution in [0.2, 0.25) is 0 Å². The number of hydrogen-bond donors (Lipinski definition) is 9. The normalized spacial score (nSPS) is 23.7. The summed E-state index contributed by atoms with van der Waals surface area (Å²) in [6.45, 7) is 2.82. The van der Waals surface area contributed by atoms with Gasteiger partial charge in [-0.15, -0.1) is 0 Å². The first-order valence-electron chi connectivity index (χ1n) is 35.7. The highest BCUT2D eigenvalue weighted by Crippen LogP contribution is 2.30. The number of hydrogen-bond acceptors (Lipinski definition) is 13. The Bertz CT molecular complexity index is 1560. The van der Waals surface area contributed by atoms with Gasteiger partial charge in [0.1, 0.15) is 48.8 Å². The minimum absolute atomic E-state index is 0.247. The number of allylic oxidation sites excluding steroid dienone is 5. The lowest BCUT2D eigenvalue weighted by molar-refractivity contribution is -0.359. The summed E-state index contributed by atoms with van der Waals surface area (Å²) in [5.74, 6) is -0.247. The van der Waals surface area contributed by atoms with Gasteiger partial charge in [0.25, 0.3) is 0 Å². The average Bonchev–Trinajstić information content (AvgIpc) is 3.70. The SMILES string of the molecule is CCCCCCCCCCCCC/C=C/CC/C=C/CC/C=C/C(O)C(COC1OC(CO)C(OC2OC(CO)C(O)C(O)C2O)C(O)C1O)NC(=O)CCCCCCCCCCCCCCCCCCCCCCCCCCCCCCCC. The van der Waals surface area contributed by atoms with Crippen molar-refractivity contribution in [2.75, 3.05) is 19.8 Å². The van der Waals surface area contributed by atoms with Crippen LogP contribution in [0.3, 0.4) is 0 Å². The van der Waals surface area contributed by atoms with E-state index >= 15 is 0 Å². The minimum atomic E-state index is -1.79. The summed E-state index contributed by atoms with van der Waals surface area (Å²) < 4.78 is 22.8. The maximum atomic E-state index is 13.3. The molecule has 12 unspecified atom stereocenters. The molecular weight excluding hydrogens is 1070 g/mol. The van der Waals surface area contributed by atoms with E-state index in [-0.39, 0.29) is 18.9 Å². The Morgan fingerprint density at radius 1 is 0.412 bits per heavy atom. The molecule has 0 spiro atoms. The van der Waals surface area contributed by atoms with Crippen molar-refractivity contribution in [3.63, 3.8) is 0 Å². The third-order valence-electron chi connectivity index (χ3n) is 17.6. The lowest BCUT2D eigenvalue weighted by atomic mass is 9.97. The van der Waals surface area contributed by atoms with Crippen molar-refractivity contribution in [3.8, 4) is 0 Å². The molecule has 14 heteroatoms. The molecule has 0 bridgehead atoms. The van der Waals surface area contributed by atoms with Crippen molar-refractivity contribution in [2.45, 2.75) is 389 Å². The van der Waals surface area contributed by atoms with Gasteiger partial charge >= 0.3 is 0 Å². The number of unbranched alkanes of at least 4 members (excludes halogenated alkanes) is 42. The van der Waals surface area contributed by atoms with Gasteiger partial charge in [0.05, 0.1) is 32.0 Å². The molecule has 14 nitrogen and oxygen atoms in total. The molecule has 0 aromatic rings. The van der Waals surface area contributed by atoms with Gasteiger partial charge in [-0.3, -0.25) is 4.79 Å². The molecule has 2 heterocycles. The van der Waals surface area contributed by atoms with Gasteiger partial charge in [0.15, 0.2) is 12.6 Å². The first kappa shape index (κ1) is 79.3. The molecule has 0 aromatic carbocycles. The van der Waals surface area contributed by atoms with Crippen molar-refractivity contribution in [3.05, 3.63) is 36.5 Å². The Morgan fingerprint density at radius 2 is 0.753 bits per heavy atom. The van der Waals surface area contributed by atoms with Crippen LogP contribution < -0.4 is 5.32 Å². The Hall–Kier alpha value is -1.79. The predicted molar refractivity (Wildman–Crippen MR) is 346 cm³/mol. The Morgan fingerprint density at radius 3 is 1.15 bits per heavy atom. The van der Waals surface area contributed by atoms with Gasteiger partial charge in [-0.2, -0.15) is 0 Å². The Balaban J connectivity index is 1.67. The summed E-state index contributed by atoms with van der Waals surface area (Å²) in [7, 11) is 0. The Labute approximate surface area is 519 Å². The van der Waals surface area contributed by atoms with E-state index in [1.807, 2.05) is 6.08 Å². The number of carbonyl (C=O) groups is 1. The zero-order chi connectivity index (χ0) is 61.6. The van der Waals surface area contributed by atoms with Crippen molar-refractivity contribution >= 4 is 5.91 Å². The largest absolute Gasteiger partial charge is 0.394 e. The van der Waals surface area contributed by atoms with E-state index in [9.17, 15) is 45.6 Å². The third-order valence-corrected chi connectivity index (χ3v) is 17.6. The molecule has 9 N–H and O–H groups in total. The molecule has 85 heavy (non-hydrogen) atoms. The van der Waals surface area contributed by atoms with Gasteiger partial charge in [0, 0.05) is 6.42 Å². The maximum absolute atomic E-state index is 13.3. The highest BCUT2D eigenvalue weighted by atomic mass is 16.7. The number of aliphatic hydroxyl groups excluding tert-OH is 8. The Kier molecular flexibility index (Phi) is 52.4. The van der Waals surface area contributed by atoms with Crippen LogP contribution in [0.5, 0.6) is 0 Å². The second kappa shape index (κ2) is 56.2. The monoisotopic (exact) mass is 1210 g/mol. The summed E-state index contributed by atoms with van der Waals surface area (Å²) in [6, 6.07) is -0.937. The number of nitrogens with one attached hydrogen (secondary N) is 1. The highest BCUT2D eigenvalue weighted by Gasteiger charge is 2.51. The fraction of sp³-hybridized carbons (Fsp3) is 0.901. The number of aliphatic hydroxyl groups is 8. The lowest BCUT2D eigenvalue weighted by Crippen LogP contribution is -2.65. The van der Waals surface area contributed by atoms with Crippen molar-refractivity contribution in [1.82, 2.24) is 5.32 Å². The fourth-order valence-corrected chi connectivity index (χ4v) is 11.9. The number of ether oxygens (including phenoxy) is 4. The van der Waals surface area contributed by atoms with Crippen molar-refractivity contribution < 1.29 is 64.6 Å². The molecule has 2 rings (SSSR count). The minimum Gasteiger partial charge on any atom is -0.394 e. The van der Waals surface area contributed by atoms with E-state index in [0.29, 0.717) is 12.8 Å². The third kappa shape index (κ3) is 40.5. The second-order valence-corrected chi connectivity index (χ2v) is 25.4. The highest BCUT2D eigenvalue weighted by molar-refractivity contribution is 5.76. The smallest absolute Gasteiger partial charge is 0.220 e. The van der Waals surface area contributed by atoms with Gasteiger partial charge in [-0.05, 0) is 44.9 Å². The van der Waals surface area contributed by atoms with E-state index in [1.165, 1.54) is 238 Å². The van der Waals surface area contributed by atoms with E-state index in [4.69, 9.17) is 18.9 Å². The van der Waals surface area contributed by atoms with Gasteiger partial charge in [0.2, 0.25) is 5.91 Å². The molecule has 2 saturated heterocycles. The fourth-order valence-electron chi connectivity index (χ4n) is 11.9. The summed E-state index contributed by atoms with van der Waals surface area (Å²) in [4.78, 5) is 13.3. The zero-order valence-electron chi connectivity index (χ0n) is 54.4. The van der Waals surface area contributed by atoms with Crippen LogP contribution in [-0.2, 0) is 23.7 Å². The molecule has 2 aliphatic heterocycles. The van der Waals surface area contributed by atoms with Crippen LogP contribution in [0.4, 0.5) is 0 Å². The van der Waals surface area contributed by atoms with Gasteiger partial charge in [-0.25, -0.2) is 0 Å². The summed E-state index contributed by atoms with van der Waals surface area (Å²) in [5, 5.41) is 87.4. The van der Waals surface area contributed by atoms with Crippen molar-refractivity contribution in [1.29, 1.82) is 0 Å². The van der Waals surface area contributed by atoms with Crippen LogP contribution in [-0.4, -0.2) is 140 Å². The van der Waals surface area contributed by atoms with Gasteiger partial charge < -0.3 is 65.1 Å². The lowest BCUT2D eigenvalue weighted by Gasteiger charge is -2.46. The first-order valence-corrected chi connectivity index (χ1v) is 35.7. The standard InChI is InChI=1S/C71H133NO13/c1-3-5-7-9-11-13-15-17-19-21-23-25-26-27-28-29-30-31-32-33-35-37-39-41-43-45-47-49-51-53-55-63(76)72-59(60(75)54-52-50-48-46-44-42-40-38-36-34-24-22-20-18-16-14-12-10-8-6-4-2)58-82-70-68(81)66(79)69(62(57-74)84-70)85-71-67(80)65(78)64(77)61(56-73)83-71/h36,38,44,46,52,54,59-62,64-71,73-75,77-81H,3-35,37,39-43,45,47-51,53,55-58H2,1-2H3,(H,72,76)/b38-36+,46-44+,54-52+. The molecular formula is C71H133NO13. The molecule has 2 fully saturated rings. The van der Waals surface area contributed by atoms with Crippen molar-refractivity contribution in [2.24, 2.45) is 0 Å². The van der Waals surface area contributed by atoms with Crippen LogP contribution in [0.25, 0.3) is 0 Å². The maximum Gasteiger partial charge on any atom is 0.220 e. The quantitative estimate of drug-likeness (QED) is 0.0204. The van der Waals surface area contributed by atoms with Crippen LogP contribution in [0.15, 0.2) is 36.5 Å². The molecule has 500 valence electrons. The van der Waals surface area contributed by atoms with Gasteiger partial charge in [-0.1, -0.05) is 301 Å². The number of carbonyl (C=O) groups excluding carboxylic acids is 1. The molecule has 0 radical (unpaired) electrons. The molecule has 2 aliphatic rings. The van der Waals surface area contributed by atoms with E-state index in [1.54, 1.807) is 6.08 Å². The summed E-state index contributed by atoms with van der Waals surface area (Å²) in [5.41, 5.74) is 0. The number of rotatable bonds is 59. The summed E-state index contributed by atoms with van der Waals surface area (Å²) >= 11 is 0. The van der Waals surface area contributed by atoms with E-state index in [2.05, 4.69) is 43.5 Å². The van der Waals surface area contributed by atoms with Crippen LogP contribution in [0, 0.1) is 0 Å². The molecule has 12 atom stereocenters. The predicted octanol–water partition coefficient (Wildman–Crippen LogP) is 14.5. The zero-order valence-corrected chi connectivity index (χ0v) is 54.4. The van der Waals surface area contributed by atoms with Crippen LogP contribution in [0.1, 0.15) is 316 Å². The van der Waals surface area contributed by atoms with Crippen LogP contribution >= 0.6 is 0 Å². The van der Waals surface area contributed by atoms with E-state index in [0.717, 1.165) is 44.9 Å². The van der Waals surface area contributed by atoms with E-state index < -0.39 is 86.8 Å². The molecule has 1 amide bonds. The second-order valence-electron chi connectivity index (χ2n) is 25.4. The topological polar surface area (TPSA) is 228 Å². The molecule has 0 aliphatic carbocycles. The summed E-state index contributed by atoms with van der Waals surface area (Å²) in [6.07, 6.45) is 55.0. The first-order chi connectivity index (χ1) is 41.6. The molecule has 0 saturated carbocycles. The number of amides is 1. The molecule has 0 aromatic heterocycles.